The van der Waals surface area contributed by atoms with Crippen LogP contribution in [0.3, 0.4) is 0 Å². The number of hydrogen-bond acceptors (Lipinski definition) is 4. The van der Waals surface area contributed by atoms with Crippen molar-refractivity contribution in [3.63, 3.8) is 0 Å². The Balaban J connectivity index is 0.00000256. The molecule has 6 heteroatoms. The Morgan fingerprint density at radius 3 is 2.71 bits per heavy atom. The molecule has 0 aromatic heterocycles. The van der Waals surface area contributed by atoms with Gasteiger partial charge in [0.1, 0.15) is 6.04 Å². The van der Waals surface area contributed by atoms with Crippen LogP contribution >= 0.6 is 11.8 Å². The topological polar surface area (TPSA) is 89.1 Å². The van der Waals surface area contributed by atoms with Crippen LogP contribution in [0.5, 0.6) is 0 Å². The molecule has 0 spiro atoms. The fraction of sp³-hybridized carbons (Fsp3) is 0.818. The first-order valence-corrected chi connectivity index (χ1v) is 6.59. The number of carboxylic acids is 1. The van der Waals surface area contributed by atoms with Crippen LogP contribution in [0, 0.1) is 5.92 Å². The summed E-state index contributed by atoms with van der Waals surface area (Å²) >= 11 is 1.32. The monoisotopic (exact) mass is 263 g/mol. The lowest BCUT2D eigenvalue weighted by atomic mass is 10.2. The molecule has 0 amide bonds. The van der Waals surface area contributed by atoms with Gasteiger partial charge in [-0.25, -0.2) is 0 Å². The minimum Gasteiger partial charge on any atom is -0.480 e. The van der Waals surface area contributed by atoms with Gasteiger partial charge >= 0.3 is 5.97 Å². The second kappa shape index (κ2) is 7.68. The Bertz CT molecular complexity index is 272. The lowest BCUT2D eigenvalue weighted by Gasteiger charge is -2.24. The maximum Gasteiger partial charge on any atom is 0.320 e. The SMILES string of the molecule is CC(=O)SC[C@@H](C)CN1CCC[C@H]1C(=O)O.O. The van der Waals surface area contributed by atoms with Gasteiger partial charge < -0.3 is 10.6 Å². The zero-order chi connectivity index (χ0) is 12.1. The Hall–Kier alpha value is -0.590. The Morgan fingerprint density at radius 1 is 1.53 bits per heavy atom. The highest BCUT2D eigenvalue weighted by molar-refractivity contribution is 8.13. The maximum absolute atomic E-state index is 11.0. The molecule has 0 aliphatic carbocycles. The lowest BCUT2D eigenvalue weighted by molar-refractivity contribution is -0.142. The van der Waals surface area contributed by atoms with Crippen molar-refractivity contribution in [1.29, 1.82) is 0 Å². The average Bonchev–Trinajstić information content (AvgIpc) is 2.62. The third kappa shape index (κ3) is 5.52. The maximum atomic E-state index is 11.0. The van der Waals surface area contributed by atoms with E-state index in [9.17, 15) is 9.59 Å². The van der Waals surface area contributed by atoms with Crippen LogP contribution in [0.2, 0.25) is 0 Å². The van der Waals surface area contributed by atoms with E-state index >= 15 is 0 Å². The summed E-state index contributed by atoms with van der Waals surface area (Å²) in [7, 11) is 0. The number of rotatable bonds is 5. The van der Waals surface area contributed by atoms with Crippen molar-refractivity contribution in [1.82, 2.24) is 4.90 Å². The number of carbonyl (C=O) groups excluding carboxylic acids is 1. The van der Waals surface area contributed by atoms with Gasteiger partial charge in [0.15, 0.2) is 5.12 Å². The number of thioether (sulfide) groups is 1. The van der Waals surface area contributed by atoms with Crippen LogP contribution in [0.1, 0.15) is 26.7 Å². The second-order valence-electron chi connectivity index (χ2n) is 4.40. The predicted molar refractivity (Wildman–Crippen MR) is 68.1 cm³/mol. The van der Waals surface area contributed by atoms with E-state index in [4.69, 9.17) is 5.11 Å². The number of likely N-dealkylation sites (tertiary alicyclic amines) is 1. The van der Waals surface area contributed by atoms with Gasteiger partial charge in [-0.3, -0.25) is 14.5 Å². The van der Waals surface area contributed by atoms with Gasteiger partial charge in [-0.05, 0) is 25.3 Å². The fourth-order valence-corrected chi connectivity index (χ4v) is 2.66. The van der Waals surface area contributed by atoms with E-state index in [2.05, 4.69) is 6.92 Å². The van der Waals surface area contributed by atoms with E-state index in [0.717, 1.165) is 31.7 Å². The molecule has 1 aliphatic rings. The largest absolute Gasteiger partial charge is 0.480 e. The molecule has 1 heterocycles. The molecule has 1 saturated heterocycles. The third-order valence-electron chi connectivity index (χ3n) is 2.77. The van der Waals surface area contributed by atoms with Crippen molar-refractivity contribution in [2.75, 3.05) is 18.8 Å². The van der Waals surface area contributed by atoms with Gasteiger partial charge in [0.05, 0.1) is 0 Å². The van der Waals surface area contributed by atoms with Crippen LogP contribution in [-0.4, -0.2) is 51.5 Å². The summed E-state index contributed by atoms with van der Waals surface area (Å²) in [5.41, 5.74) is 0. The molecular weight excluding hydrogens is 242 g/mol. The van der Waals surface area contributed by atoms with Crippen LogP contribution in [0.25, 0.3) is 0 Å². The molecule has 2 atom stereocenters. The summed E-state index contributed by atoms with van der Waals surface area (Å²) in [6, 6.07) is -0.315. The predicted octanol–water partition coefficient (Wildman–Crippen LogP) is 0.627. The lowest BCUT2D eigenvalue weighted by Crippen LogP contribution is -2.39. The van der Waals surface area contributed by atoms with Crippen LogP contribution in [-0.2, 0) is 9.59 Å². The zero-order valence-corrected chi connectivity index (χ0v) is 11.1. The molecule has 0 bridgehead atoms. The van der Waals surface area contributed by atoms with Gasteiger partial charge in [-0.15, -0.1) is 0 Å². The molecule has 0 saturated carbocycles. The van der Waals surface area contributed by atoms with E-state index < -0.39 is 5.97 Å². The summed E-state index contributed by atoms with van der Waals surface area (Å²) in [5, 5.41) is 9.14. The fourth-order valence-electron chi connectivity index (χ4n) is 2.04. The molecule has 3 N–H and O–H groups in total. The number of carboxylic acid groups (broad SMARTS) is 1. The number of hydrogen-bond donors (Lipinski definition) is 1. The number of carbonyl (C=O) groups is 2. The standard InChI is InChI=1S/C11H19NO3S.H2O/c1-8(7-16-9(2)13)6-12-5-3-4-10(12)11(14)15;/h8,10H,3-7H2,1-2H3,(H,14,15);1H2/t8-,10-;/m0./s1. The van der Waals surface area contributed by atoms with E-state index in [1.54, 1.807) is 6.92 Å². The second-order valence-corrected chi connectivity index (χ2v) is 5.60. The van der Waals surface area contributed by atoms with E-state index in [0.29, 0.717) is 5.92 Å². The van der Waals surface area contributed by atoms with Crippen molar-refractivity contribution in [2.24, 2.45) is 5.92 Å². The van der Waals surface area contributed by atoms with E-state index in [-0.39, 0.29) is 16.6 Å². The minimum atomic E-state index is -0.719. The quantitative estimate of drug-likeness (QED) is 0.785. The van der Waals surface area contributed by atoms with Crippen molar-refractivity contribution >= 4 is 22.8 Å². The first kappa shape index (κ1) is 16.4. The van der Waals surface area contributed by atoms with Gasteiger partial charge in [0.2, 0.25) is 0 Å². The number of nitrogens with zero attached hydrogens (tertiary/aromatic N) is 1. The molecule has 0 radical (unpaired) electrons. The van der Waals surface area contributed by atoms with Gasteiger partial charge in [-0.2, -0.15) is 0 Å². The summed E-state index contributed by atoms with van der Waals surface area (Å²) in [6.07, 6.45) is 1.71. The Labute approximate surface area is 106 Å². The highest BCUT2D eigenvalue weighted by Gasteiger charge is 2.30. The van der Waals surface area contributed by atoms with Gasteiger partial charge in [-0.1, -0.05) is 18.7 Å². The highest BCUT2D eigenvalue weighted by Crippen LogP contribution is 2.20. The third-order valence-corrected chi connectivity index (χ3v) is 3.91. The molecule has 1 aliphatic heterocycles. The molecule has 0 unspecified atom stereocenters. The number of aliphatic carboxylic acids is 1. The van der Waals surface area contributed by atoms with Gasteiger partial charge in [0, 0.05) is 19.2 Å². The molecule has 0 aromatic rings. The summed E-state index contributed by atoms with van der Waals surface area (Å²) in [4.78, 5) is 23.8. The zero-order valence-electron chi connectivity index (χ0n) is 10.3. The smallest absolute Gasteiger partial charge is 0.320 e. The molecule has 1 fully saturated rings. The minimum absolute atomic E-state index is 0. The van der Waals surface area contributed by atoms with E-state index in [1.807, 2.05) is 4.90 Å². The van der Waals surface area contributed by atoms with Crippen LogP contribution < -0.4 is 0 Å². The molecule has 17 heavy (non-hydrogen) atoms. The first-order chi connectivity index (χ1) is 7.50. The summed E-state index contributed by atoms with van der Waals surface area (Å²) in [5.74, 6) is 0.413. The summed E-state index contributed by atoms with van der Waals surface area (Å²) < 4.78 is 0. The first-order valence-electron chi connectivity index (χ1n) is 5.61. The van der Waals surface area contributed by atoms with Crippen molar-refractivity contribution in [3.05, 3.63) is 0 Å². The van der Waals surface area contributed by atoms with Crippen LogP contribution in [0.4, 0.5) is 0 Å². The highest BCUT2D eigenvalue weighted by atomic mass is 32.2. The molecule has 5 nitrogen and oxygen atoms in total. The average molecular weight is 263 g/mol. The Morgan fingerprint density at radius 2 is 2.18 bits per heavy atom. The normalized spacial score (nSPS) is 21.9. The van der Waals surface area contributed by atoms with Crippen molar-refractivity contribution in [2.45, 2.75) is 32.7 Å². The molecular formula is C11H21NO4S. The molecule has 1 rings (SSSR count). The van der Waals surface area contributed by atoms with Gasteiger partial charge in [0.25, 0.3) is 0 Å². The van der Waals surface area contributed by atoms with Crippen molar-refractivity contribution in [3.8, 4) is 0 Å². The Kier molecular flexibility index (Phi) is 7.41. The van der Waals surface area contributed by atoms with E-state index in [1.165, 1.54) is 11.8 Å². The van der Waals surface area contributed by atoms with Crippen LogP contribution in [0.15, 0.2) is 0 Å². The van der Waals surface area contributed by atoms with Crippen molar-refractivity contribution < 1.29 is 20.2 Å². The summed E-state index contributed by atoms with van der Waals surface area (Å²) in [6.45, 7) is 5.27. The molecule has 0 aromatic carbocycles. The molecule has 100 valence electrons.